The molecule has 0 fully saturated rings. The Kier molecular flexibility index (Phi) is 6.94. The Morgan fingerprint density at radius 3 is 1.94 bits per heavy atom. The maximum absolute atomic E-state index is 10.8. The third-order valence-electron chi connectivity index (χ3n) is 2.00. The van der Waals surface area contributed by atoms with E-state index >= 15 is 0 Å². The van der Waals surface area contributed by atoms with Crippen LogP contribution in [0, 0.1) is 0 Å². The Balaban J connectivity index is 4.08. The minimum Gasteiger partial charge on any atom is -0.386 e. The van der Waals surface area contributed by atoms with Crippen molar-refractivity contribution in [3.63, 3.8) is 0 Å². The van der Waals surface area contributed by atoms with Crippen molar-refractivity contribution in [2.75, 3.05) is 6.54 Å². The topological polar surface area (TPSA) is 58.2 Å². The molecule has 96 valence electrons. The van der Waals surface area contributed by atoms with E-state index in [1.165, 1.54) is 13.8 Å². The highest BCUT2D eigenvalue weighted by atomic mass is 16.1. The summed E-state index contributed by atoms with van der Waals surface area (Å²) >= 11 is 0. The Morgan fingerprint density at radius 2 is 1.47 bits per heavy atom. The van der Waals surface area contributed by atoms with Gasteiger partial charge in [0.15, 0.2) is 11.6 Å². The largest absolute Gasteiger partial charge is 0.386 e. The fraction of sp³-hybridized carbons (Fsp3) is 0.538. The number of carbonyl (C=O) groups is 2. The molecule has 2 N–H and O–H groups in total. The molecule has 1 atom stereocenters. The van der Waals surface area contributed by atoms with E-state index in [2.05, 4.69) is 10.6 Å². The van der Waals surface area contributed by atoms with E-state index in [4.69, 9.17) is 0 Å². The van der Waals surface area contributed by atoms with Gasteiger partial charge < -0.3 is 10.6 Å². The van der Waals surface area contributed by atoms with E-state index in [-0.39, 0.29) is 17.6 Å². The molecule has 0 aromatic carbocycles. The van der Waals surface area contributed by atoms with Gasteiger partial charge in [-0.1, -0.05) is 0 Å². The van der Waals surface area contributed by atoms with Gasteiger partial charge in [-0.3, -0.25) is 9.59 Å². The number of allylic oxidation sites excluding steroid dienone is 4. The predicted octanol–water partition coefficient (Wildman–Crippen LogP) is 1.54. The van der Waals surface area contributed by atoms with Crippen LogP contribution in [-0.4, -0.2) is 24.2 Å². The lowest BCUT2D eigenvalue weighted by atomic mass is 10.2. The van der Waals surface area contributed by atoms with Gasteiger partial charge >= 0.3 is 0 Å². The summed E-state index contributed by atoms with van der Waals surface area (Å²) in [7, 11) is 0. The highest BCUT2D eigenvalue weighted by Crippen LogP contribution is 1.93. The van der Waals surface area contributed by atoms with Crippen LogP contribution in [0.3, 0.4) is 0 Å². The van der Waals surface area contributed by atoms with E-state index in [0.717, 1.165) is 11.4 Å². The van der Waals surface area contributed by atoms with E-state index in [0.29, 0.717) is 6.54 Å². The smallest absolute Gasteiger partial charge is 0.154 e. The summed E-state index contributed by atoms with van der Waals surface area (Å²) in [5.74, 6) is 0.0612. The van der Waals surface area contributed by atoms with Gasteiger partial charge in [-0.25, -0.2) is 0 Å². The van der Waals surface area contributed by atoms with Gasteiger partial charge in [0, 0.05) is 24.0 Å². The van der Waals surface area contributed by atoms with E-state index in [1.807, 2.05) is 20.8 Å². The number of ketones is 2. The zero-order chi connectivity index (χ0) is 13.4. The van der Waals surface area contributed by atoms with Crippen molar-refractivity contribution in [2.24, 2.45) is 0 Å². The molecule has 4 heteroatoms. The molecular weight excluding hydrogens is 216 g/mol. The van der Waals surface area contributed by atoms with Crippen LogP contribution >= 0.6 is 0 Å². The van der Waals surface area contributed by atoms with Crippen molar-refractivity contribution in [2.45, 2.75) is 40.7 Å². The van der Waals surface area contributed by atoms with E-state index < -0.39 is 0 Å². The highest BCUT2D eigenvalue weighted by molar-refractivity contribution is 5.88. The first-order valence-electron chi connectivity index (χ1n) is 5.69. The Labute approximate surface area is 103 Å². The van der Waals surface area contributed by atoms with Crippen molar-refractivity contribution in [3.05, 3.63) is 23.5 Å². The third kappa shape index (κ3) is 9.35. The Morgan fingerprint density at radius 1 is 1.00 bits per heavy atom. The van der Waals surface area contributed by atoms with Crippen LogP contribution in [0.5, 0.6) is 0 Å². The summed E-state index contributed by atoms with van der Waals surface area (Å²) in [5.41, 5.74) is 1.69. The van der Waals surface area contributed by atoms with Crippen LogP contribution in [0.25, 0.3) is 0 Å². The highest BCUT2D eigenvalue weighted by Gasteiger charge is 2.01. The average Bonchev–Trinajstić information content (AvgIpc) is 2.12. The molecule has 0 amide bonds. The summed E-state index contributed by atoms with van der Waals surface area (Å²) in [6, 6.07) is 0.181. The molecule has 0 aliphatic rings. The number of nitrogens with one attached hydrogen (secondary N) is 2. The summed E-state index contributed by atoms with van der Waals surface area (Å²) in [4.78, 5) is 21.7. The van der Waals surface area contributed by atoms with Crippen LogP contribution in [-0.2, 0) is 9.59 Å². The number of hydrogen-bond acceptors (Lipinski definition) is 4. The molecule has 0 aliphatic carbocycles. The molecule has 0 saturated heterocycles. The maximum atomic E-state index is 10.8. The molecule has 0 saturated carbocycles. The summed E-state index contributed by atoms with van der Waals surface area (Å²) in [6.45, 7) is 9.45. The minimum absolute atomic E-state index is 0.0304. The zero-order valence-electron chi connectivity index (χ0n) is 11.3. The molecule has 0 radical (unpaired) electrons. The Bertz CT molecular complexity index is 343. The molecule has 4 nitrogen and oxygen atoms in total. The van der Waals surface area contributed by atoms with Crippen LogP contribution in [0.15, 0.2) is 23.5 Å². The molecule has 0 aromatic heterocycles. The third-order valence-corrected chi connectivity index (χ3v) is 2.00. The summed E-state index contributed by atoms with van der Waals surface area (Å²) < 4.78 is 0. The number of rotatable bonds is 7. The van der Waals surface area contributed by atoms with Crippen LogP contribution in [0.4, 0.5) is 0 Å². The molecule has 0 bridgehead atoms. The van der Waals surface area contributed by atoms with Crippen LogP contribution < -0.4 is 10.6 Å². The molecule has 0 rings (SSSR count). The second kappa shape index (κ2) is 7.65. The first-order valence-corrected chi connectivity index (χ1v) is 5.69. The van der Waals surface area contributed by atoms with Gasteiger partial charge in [0.25, 0.3) is 0 Å². The number of hydrogen-bond donors (Lipinski definition) is 2. The molecule has 1 unspecified atom stereocenters. The van der Waals surface area contributed by atoms with Crippen molar-refractivity contribution in [1.82, 2.24) is 10.6 Å². The van der Waals surface area contributed by atoms with Crippen molar-refractivity contribution >= 4 is 11.6 Å². The second-order valence-corrected chi connectivity index (χ2v) is 4.30. The van der Waals surface area contributed by atoms with Crippen LogP contribution in [0.1, 0.15) is 34.6 Å². The number of carbonyl (C=O) groups excluding carboxylic acids is 2. The van der Waals surface area contributed by atoms with Crippen molar-refractivity contribution in [3.8, 4) is 0 Å². The average molecular weight is 238 g/mol. The van der Waals surface area contributed by atoms with E-state index in [9.17, 15) is 9.59 Å². The van der Waals surface area contributed by atoms with Gasteiger partial charge in [0.05, 0.1) is 0 Å². The van der Waals surface area contributed by atoms with Gasteiger partial charge in [-0.2, -0.15) is 0 Å². The summed E-state index contributed by atoms with van der Waals surface area (Å²) in [6.07, 6.45) is 3.12. The first-order chi connectivity index (χ1) is 7.81. The van der Waals surface area contributed by atoms with Gasteiger partial charge in [-0.05, 0) is 46.8 Å². The maximum Gasteiger partial charge on any atom is 0.154 e. The van der Waals surface area contributed by atoms with Gasteiger partial charge in [-0.15, -0.1) is 0 Å². The minimum atomic E-state index is 0.0304. The lowest BCUT2D eigenvalue weighted by molar-refractivity contribution is -0.113. The molecule has 17 heavy (non-hydrogen) atoms. The molecule has 0 heterocycles. The lowest BCUT2D eigenvalue weighted by Gasteiger charge is -2.17. The fourth-order valence-corrected chi connectivity index (χ4v) is 1.46. The molecule has 0 aliphatic heterocycles. The standard InChI is InChI=1S/C13H22N2O2/c1-9(6-12(4)16)14-8-11(3)15-10(2)7-13(5)17/h6-7,11,14-15H,8H2,1-5H3/b9-6+,10-7-. The van der Waals surface area contributed by atoms with E-state index in [1.54, 1.807) is 12.2 Å². The van der Waals surface area contributed by atoms with Gasteiger partial charge in [0.2, 0.25) is 0 Å². The van der Waals surface area contributed by atoms with Crippen molar-refractivity contribution in [1.29, 1.82) is 0 Å². The summed E-state index contributed by atoms with van der Waals surface area (Å²) in [5, 5.41) is 6.32. The SMILES string of the molecule is CC(=O)/C=C(/C)NC(C)CN/C(C)=C/C(C)=O. The fourth-order valence-electron chi connectivity index (χ4n) is 1.46. The lowest BCUT2D eigenvalue weighted by Crippen LogP contribution is -2.34. The zero-order valence-corrected chi connectivity index (χ0v) is 11.3. The molecular formula is C13H22N2O2. The first kappa shape index (κ1) is 15.4. The quantitative estimate of drug-likeness (QED) is 0.661. The predicted molar refractivity (Wildman–Crippen MR) is 69.5 cm³/mol. The van der Waals surface area contributed by atoms with Crippen molar-refractivity contribution < 1.29 is 9.59 Å². The second-order valence-electron chi connectivity index (χ2n) is 4.30. The molecule has 0 aromatic rings. The normalized spacial score (nSPS) is 14.2. The van der Waals surface area contributed by atoms with Gasteiger partial charge in [0.1, 0.15) is 0 Å². The Hall–Kier alpha value is -1.58. The monoisotopic (exact) mass is 238 g/mol. The van der Waals surface area contributed by atoms with Crippen LogP contribution in [0.2, 0.25) is 0 Å². The molecule has 0 spiro atoms.